The van der Waals surface area contributed by atoms with Gasteiger partial charge in [0.25, 0.3) is 5.91 Å². The van der Waals surface area contributed by atoms with Crippen LogP contribution >= 0.6 is 0 Å². The van der Waals surface area contributed by atoms with Crippen LogP contribution in [0.25, 0.3) is 11.0 Å². The molecule has 0 bridgehead atoms. The Morgan fingerprint density at radius 3 is 2.64 bits per heavy atom. The molecule has 0 radical (unpaired) electrons. The second kappa shape index (κ2) is 7.14. The van der Waals surface area contributed by atoms with E-state index in [4.69, 9.17) is 9.47 Å². The molecular formula is C21H24N4O3. The van der Waals surface area contributed by atoms with E-state index in [-0.39, 0.29) is 18.0 Å². The molecule has 7 nitrogen and oxygen atoms in total. The average molecular weight is 380 g/mol. The first-order valence-electron chi connectivity index (χ1n) is 9.49. The maximum atomic E-state index is 12.9. The zero-order chi connectivity index (χ0) is 19.8. The number of pyridine rings is 1. The van der Waals surface area contributed by atoms with Crippen LogP contribution in [0.1, 0.15) is 54.5 Å². The molecule has 0 saturated heterocycles. The summed E-state index contributed by atoms with van der Waals surface area (Å²) in [5, 5.41) is 8.29. The van der Waals surface area contributed by atoms with Crippen LogP contribution in [-0.2, 0) is 0 Å². The molecule has 0 aliphatic carbocycles. The van der Waals surface area contributed by atoms with Crippen molar-refractivity contribution in [3.63, 3.8) is 0 Å². The molecular weight excluding hydrogens is 356 g/mol. The molecule has 0 saturated carbocycles. The second-order valence-corrected chi connectivity index (χ2v) is 7.32. The summed E-state index contributed by atoms with van der Waals surface area (Å²) in [6.07, 6.45) is 1.75. The van der Waals surface area contributed by atoms with Crippen LogP contribution in [0.3, 0.4) is 0 Å². The van der Waals surface area contributed by atoms with Crippen molar-refractivity contribution in [2.24, 2.45) is 0 Å². The van der Waals surface area contributed by atoms with Crippen molar-refractivity contribution in [2.75, 3.05) is 13.2 Å². The summed E-state index contributed by atoms with van der Waals surface area (Å²) in [5.74, 6) is 1.29. The van der Waals surface area contributed by atoms with Crippen LogP contribution in [-0.4, -0.2) is 33.9 Å². The number of rotatable bonds is 4. The van der Waals surface area contributed by atoms with E-state index in [0.717, 1.165) is 22.3 Å². The van der Waals surface area contributed by atoms with Crippen molar-refractivity contribution in [1.29, 1.82) is 0 Å². The number of ether oxygens (including phenoxy) is 2. The van der Waals surface area contributed by atoms with Crippen LogP contribution in [0.5, 0.6) is 11.5 Å². The normalized spacial score (nSPS) is 14.3. The number of benzene rings is 1. The molecule has 3 aromatic rings. The maximum absolute atomic E-state index is 12.9. The lowest BCUT2D eigenvalue weighted by Crippen LogP contribution is -2.27. The number of aryl methyl sites for hydroxylation is 1. The van der Waals surface area contributed by atoms with Crippen LogP contribution < -0.4 is 14.8 Å². The van der Waals surface area contributed by atoms with Gasteiger partial charge in [-0.15, -0.1) is 0 Å². The molecule has 7 heteroatoms. The number of hydrogen-bond acceptors (Lipinski definition) is 5. The van der Waals surface area contributed by atoms with Crippen LogP contribution in [0.15, 0.2) is 30.5 Å². The molecule has 1 aliphatic rings. The van der Waals surface area contributed by atoms with Gasteiger partial charge in [0, 0.05) is 11.4 Å². The molecule has 1 atom stereocenters. The Kier molecular flexibility index (Phi) is 4.66. The van der Waals surface area contributed by atoms with Gasteiger partial charge in [-0.1, -0.05) is 6.07 Å². The van der Waals surface area contributed by atoms with Crippen LogP contribution in [0, 0.1) is 6.92 Å². The van der Waals surface area contributed by atoms with Gasteiger partial charge in [-0.25, -0.2) is 9.67 Å². The third kappa shape index (κ3) is 3.28. The number of nitrogens with one attached hydrogen (secondary N) is 1. The van der Waals surface area contributed by atoms with E-state index >= 15 is 0 Å². The summed E-state index contributed by atoms with van der Waals surface area (Å²) in [4.78, 5) is 17.5. The summed E-state index contributed by atoms with van der Waals surface area (Å²) in [7, 11) is 0. The fourth-order valence-electron chi connectivity index (χ4n) is 3.36. The van der Waals surface area contributed by atoms with Crippen molar-refractivity contribution >= 4 is 16.9 Å². The van der Waals surface area contributed by atoms with Crippen molar-refractivity contribution in [2.45, 2.75) is 39.8 Å². The number of amides is 1. The average Bonchev–Trinajstić information content (AvgIpc) is 3.09. The van der Waals surface area contributed by atoms with Gasteiger partial charge in [-0.3, -0.25) is 4.79 Å². The zero-order valence-electron chi connectivity index (χ0n) is 16.5. The Balaban J connectivity index is 1.57. The number of carbonyl (C=O) groups is 1. The molecule has 0 unspecified atom stereocenters. The van der Waals surface area contributed by atoms with E-state index in [9.17, 15) is 4.79 Å². The molecule has 1 aliphatic heterocycles. The third-order valence-corrected chi connectivity index (χ3v) is 4.91. The molecule has 1 N–H and O–H groups in total. The number of carbonyl (C=O) groups excluding carboxylic acids is 1. The molecule has 0 spiro atoms. The second-order valence-electron chi connectivity index (χ2n) is 7.32. The Morgan fingerprint density at radius 1 is 1.14 bits per heavy atom. The van der Waals surface area contributed by atoms with Gasteiger partial charge in [0.05, 0.1) is 23.5 Å². The monoisotopic (exact) mass is 380 g/mol. The number of aromatic nitrogens is 3. The number of hydrogen-bond donors (Lipinski definition) is 1. The Bertz CT molecular complexity index is 1040. The van der Waals surface area contributed by atoms with Crippen molar-refractivity contribution in [1.82, 2.24) is 20.1 Å². The molecule has 28 heavy (non-hydrogen) atoms. The van der Waals surface area contributed by atoms with E-state index in [1.807, 2.05) is 42.8 Å². The lowest BCUT2D eigenvalue weighted by atomic mass is 10.1. The smallest absolute Gasteiger partial charge is 0.253 e. The first kappa shape index (κ1) is 18.3. The number of fused-ring (bicyclic) bond motifs is 2. The summed E-state index contributed by atoms with van der Waals surface area (Å²) in [6.45, 7) is 8.99. The predicted molar refractivity (Wildman–Crippen MR) is 106 cm³/mol. The minimum absolute atomic E-state index is 0.161. The van der Waals surface area contributed by atoms with E-state index in [2.05, 4.69) is 29.2 Å². The quantitative estimate of drug-likeness (QED) is 0.748. The highest BCUT2D eigenvalue weighted by Crippen LogP contribution is 2.32. The topological polar surface area (TPSA) is 78.3 Å². The van der Waals surface area contributed by atoms with Gasteiger partial charge < -0.3 is 14.8 Å². The van der Waals surface area contributed by atoms with E-state index in [1.54, 1.807) is 6.20 Å². The summed E-state index contributed by atoms with van der Waals surface area (Å²) >= 11 is 0. The first-order chi connectivity index (χ1) is 13.4. The zero-order valence-corrected chi connectivity index (χ0v) is 16.5. The SMILES string of the molecule is Cc1nc2c(cnn2C(C)C)cc1C(=O)N[C@H](C)c1ccc2c(c1)OCCO2. The van der Waals surface area contributed by atoms with Crippen molar-refractivity contribution in [3.8, 4) is 11.5 Å². The summed E-state index contributed by atoms with van der Waals surface area (Å²) in [6, 6.07) is 7.62. The fourth-order valence-corrected chi connectivity index (χ4v) is 3.36. The Labute approximate surface area is 163 Å². The van der Waals surface area contributed by atoms with Gasteiger partial charge in [-0.2, -0.15) is 5.10 Å². The number of nitrogens with zero attached hydrogens (tertiary/aromatic N) is 3. The Hall–Kier alpha value is -3.09. The van der Waals surface area contributed by atoms with E-state index < -0.39 is 0 Å². The fraction of sp³-hybridized carbons (Fsp3) is 0.381. The van der Waals surface area contributed by atoms with E-state index in [1.165, 1.54) is 0 Å². The lowest BCUT2D eigenvalue weighted by molar-refractivity contribution is 0.0939. The van der Waals surface area contributed by atoms with Gasteiger partial charge >= 0.3 is 0 Å². The van der Waals surface area contributed by atoms with Gasteiger partial charge in [-0.05, 0) is 51.5 Å². The van der Waals surface area contributed by atoms with Crippen molar-refractivity contribution in [3.05, 3.63) is 47.3 Å². The van der Waals surface area contributed by atoms with Crippen molar-refractivity contribution < 1.29 is 14.3 Å². The third-order valence-electron chi connectivity index (χ3n) is 4.91. The van der Waals surface area contributed by atoms with Crippen LogP contribution in [0.2, 0.25) is 0 Å². The standard InChI is InChI=1S/C21H24N4O3/c1-12(2)25-20-16(11-22-25)9-17(14(4)23-20)21(26)24-13(3)15-5-6-18-19(10-15)28-8-7-27-18/h5-6,9-13H,7-8H2,1-4H3,(H,24,26)/t13-/m1/s1. The molecule has 3 heterocycles. The Morgan fingerprint density at radius 2 is 1.89 bits per heavy atom. The highest BCUT2D eigenvalue weighted by molar-refractivity contribution is 5.98. The highest BCUT2D eigenvalue weighted by atomic mass is 16.6. The molecule has 4 rings (SSSR count). The molecule has 0 fully saturated rings. The minimum atomic E-state index is -0.184. The van der Waals surface area contributed by atoms with Crippen LogP contribution in [0.4, 0.5) is 0 Å². The molecule has 2 aromatic heterocycles. The van der Waals surface area contributed by atoms with Gasteiger partial charge in [0.1, 0.15) is 13.2 Å². The largest absolute Gasteiger partial charge is 0.486 e. The maximum Gasteiger partial charge on any atom is 0.253 e. The minimum Gasteiger partial charge on any atom is -0.486 e. The van der Waals surface area contributed by atoms with Gasteiger partial charge in [0.2, 0.25) is 0 Å². The first-order valence-corrected chi connectivity index (χ1v) is 9.49. The predicted octanol–water partition coefficient (Wildman–Crippen LogP) is 3.58. The lowest BCUT2D eigenvalue weighted by Gasteiger charge is -2.21. The molecule has 1 aromatic carbocycles. The summed E-state index contributed by atoms with van der Waals surface area (Å²) in [5.41, 5.74) is 2.99. The molecule has 146 valence electrons. The highest BCUT2D eigenvalue weighted by Gasteiger charge is 2.19. The van der Waals surface area contributed by atoms with Gasteiger partial charge in [0.15, 0.2) is 17.1 Å². The molecule has 1 amide bonds. The van der Waals surface area contributed by atoms with E-state index in [0.29, 0.717) is 30.2 Å². The summed E-state index contributed by atoms with van der Waals surface area (Å²) < 4.78 is 13.1.